The molecule has 11 heteroatoms. The molecular formula is C32H40F2N4O5. The number of likely N-dealkylation sites (tertiary alicyclic amines) is 1. The molecule has 0 spiro atoms. The molecule has 3 aliphatic rings. The molecule has 0 radical (unpaired) electrons. The predicted octanol–water partition coefficient (Wildman–Crippen LogP) is 4.98. The van der Waals surface area contributed by atoms with Crippen molar-refractivity contribution in [1.82, 2.24) is 20.1 Å². The zero-order valence-corrected chi connectivity index (χ0v) is 24.5. The standard InChI is InChI=1S/C32H40F2N4O5/c1-20(39)37-19-23(22-12-13-29(28(40)15-22)43-32(33)34)14-26(37)16-30(41)35-17-24-6-5-9-27(36-24)31(42)38(18-21-10-11-21)25-7-3-2-4-8-25/h5-6,9,12-13,15,21,23,25-26,32,40H,2-4,7-8,10-11,14,16-19H2,1H3,(H,35,41). The average Bonchev–Trinajstić information content (AvgIpc) is 3.72. The van der Waals surface area contributed by atoms with Crippen molar-refractivity contribution in [2.45, 2.75) is 95.9 Å². The summed E-state index contributed by atoms with van der Waals surface area (Å²) < 4.78 is 29.4. The average molecular weight is 599 g/mol. The highest BCUT2D eigenvalue weighted by Crippen LogP contribution is 2.38. The molecule has 2 saturated carbocycles. The maximum Gasteiger partial charge on any atom is 0.387 e. The lowest BCUT2D eigenvalue weighted by Gasteiger charge is -2.34. The number of benzene rings is 1. The van der Waals surface area contributed by atoms with E-state index < -0.39 is 12.4 Å². The number of carbonyl (C=O) groups excluding carboxylic acids is 3. The van der Waals surface area contributed by atoms with Gasteiger partial charge in [0.25, 0.3) is 5.91 Å². The van der Waals surface area contributed by atoms with Crippen molar-refractivity contribution in [3.8, 4) is 11.5 Å². The third kappa shape index (κ3) is 8.00. The molecule has 232 valence electrons. The first-order valence-electron chi connectivity index (χ1n) is 15.3. The number of carbonyl (C=O) groups is 3. The van der Waals surface area contributed by atoms with Crippen LogP contribution in [0.15, 0.2) is 36.4 Å². The van der Waals surface area contributed by atoms with Gasteiger partial charge in [0.2, 0.25) is 11.8 Å². The van der Waals surface area contributed by atoms with E-state index in [0.29, 0.717) is 35.8 Å². The minimum atomic E-state index is -3.05. The highest BCUT2D eigenvalue weighted by Gasteiger charge is 2.36. The summed E-state index contributed by atoms with van der Waals surface area (Å²) >= 11 is 0. The van der Waals surface area contributed by atoms with Gasteiger partial charge in [-0.15, -0.1) is 0 Å². The number of phenols is 1. The Morgan fingerprint density at radius 3 is 2.56 bits per heavy atom. The molecule has 2 aliphatic carbocycles. The summed E-state index contributed by atoms with van der Waals surface area (Å²) in [5.74, 6) is -0.791. The van der Waals surface area contributed by atoms with Gasteiger partial charge in [-0.05, 0) is 67.9 Å². The molecule has 9 nitrogen and oxygen atoms in total. The van der Waals surface area contributed by atoms with Gasteiger partial charge in [-0.3, -0.25) is 14.4 Å². The fraction of sp³-hybridized carbons (Fsp3) is 0.562. The first-order valence-corrected chi connectivity index (χ1v) is 15.3. The van der Waals surface area contributed by atoms with Crippen LogP contribution in [-0.4, -0.2) is 69.4 Å². The number of alkyl halides is 2. The van der Waals surface area contributed by atoms with Crippen molar-refractivity contribution in [3.63, 3.8) is 0 Å². The molecule has 3 fully saturated rings. The SMILES string of the molecule is CC(=O)N1CC(c2ccc(OC(F)F)c(O)c2)CC1CC(=O)NCc1cccc(C(=O)N(CC2CC2)C2CCCCC2)n1. The normalized spacial score (nSPS) is 20.7. The van der Waals surface area contributed by atoms with E-state index in [9.17, 15) is 28.3 Å². The van der Waals surface area contributed by atoms with Crippen molar-refractivity contribution in [3.05, 3.63) is 53.3 Å². The minimum absolute atomic E-state index is 0.0408. The second kappa shape index (κ2) is 13.7. The smallest absolute Gasteiger partial charge is 0.387 e. The number of aromatic hydroxyl groups is 1. The molecule has 2 heterocycles. The predicted molar refractivity (Wildman–Crippen MR) is 155 cm³/mol. The Hall–Kier alpha value is -3.76. The minimum Gasteiger partial charge on any atom is -0.504 e. The quantitative estimate of drug-likeness (QED) is 0.377. The second-order valence-electron chi connectivity index (χ2n) is 12.1. The van der Waals surface area contributed by atoms with Crippen LogP contribution in [0, 0.1) is 5.92 Å². The van der Waals surface area contributed by atoms with Crippen LogP contribution >= 0.6 is 0 Å². The molecule has 1 aromatic carbocycles. The van der Waals surface area contributed by atoms with E-state index in [4.69, 9.17) is 0 Å². The molecule has 1 aromatic heterocycles. The lowest BCUT2D eigenvalue weighted by atomic mass is 9.93. The highest BCUT2D eigenvalue weighted by atomic mass is 19.3. The Bertz CT molecular complexity index is 1310. The Morgan fingerprint density at radius 1 is 1.12 bits per heavy atom. The molecule has 2 aromatic rings. The first kappa shape index (κ1) is 30.7. The molecule has 2 N–H and O–H groups in total. The van der Waals surface area contributed by atoms with Gasteiger partial charge in [-0.2, -0.15) is 8.78 Å². The molecule has 43 heavy (non-hydrogen) atoms. The summed E-state index contributed by atoms with van der Waals surface area (Å²) in [5.41, 5.74) is 1.65. The second-order valence-corrected chi connectivity index (χ2v) is 12.1. The number of nitrogens with zero attached hydrogens (tertiary/aromatic N) is 3. The molecular weight excluding hydrogens is 558 g/mol. The van der Waals surface area contributed by atoms with Gasteiger partial charge in [0, 0.05) is 44.4 Å². The number of phenolic OH excluding ortho intramolecular Hbond substituents is 1. The summed E-state index contributed by atoms with van der Waals surface area (Å²) in [6, 6.07) is 9.44. The number of hydrogen-bond acceptors (Lipinski definition) is 6. The Balaban J connectivity index is 1.18. The summed E-state index contributed by atoms with van der Waals surface area (Å²) in [5, 5.41) is 13.0. The zero-order chi connectivity index (χ0) is 30.5. The number of aromatic nitrogens is 1. The van der Waals surface area contributed by atoms with Crippen molar-refractivity contribution in [1.29, 1.82) is 0 Å². The molecule has 3 amide bonds. The Morgan fingerprint density at radius 2 is 1.88 bits per heavy atom. The number of amides is 3. The number of rotatable bonds is 11. The lowest BCUT2D eigenvalue weighted by molar-refractivity contribution is -0.131. The van der Waals surface area contributed by atoms with Crippen LogP contribution in [0.2, 0.25) is 0 Å². The molecule has 2 unspecified atom stereocenters. The van der Waals surface area contributed by atoms with Crippen LogP contribution < -0.4 is 10.1 Å². The number of nitrogens with one attached hydrogen (secondary N) is 1. The summed E-state index contributed by atoms with van der Waals surface area (Å²) in [6.45, 7) is -0.334. The fourth-order valence-electron chi connectivity index (χ4n) is 6.41. The first-order chi connectivity index (χ1) is 20.7. The van der Waals surface area contributed by atoms with E-state index in [1.807, 2.05) is 4.90 Å². The van der Waals surface area contributed by atoms with Gasteiger partial charge in [-0.25, -0.2) is 4.98 Å². The molecule has 1 aliphatic heterocycles. The van der Waals surface area contributed by atoms with E-state index in [2.05, 4.69) is 15.0 Å². The lowest BCUT2D eigenvalue weighted by Crippen LogP contribution is -2.43. The van der Waals surface area contributed by atoms with Gasteiger partial charge in [0.05, 0.1) is 12.2 Å². The van der Waals surface area contributed by atoms with Crippen molar-refractivity contribution in [2.75, 3.05) is 13.1 Å². The summed E-state index contributed by atoms with van der Waals surface area (Å²) in [4.78, 5) is 47.1. The highest BCUT2D eigenvalue weighted by molar-refractivity contribution is 5.92. The van der Waals surface area contributed by atoms with Gasteiger partial charge in [-0.1, -0.05) is 31.4 Å². The van der Waals surface area contributed by atoms with Crippen LogP contribution in [0.3, 0.4) is 0 Å². The summed E-state index contributed by atoms with van der Waals surface area (Å²) in [7, 11) is 0. The van der Waals surface area contributed by atoms with Crippen LogP contribution in [0.4, 0.5) is 8.78 Å². The zero-order valence-electron chi connectivity index (χ0n) is 24.5. The van der Waals surface area contributed by atoms with E-state index >= 15 is 0 Å². The van der Waals surface area contributed by atoms with E-state index in [0.717, 1.165) is 32.2 Å². The van der Waals surface area contributed by atoms with Gasteiger partial charge in [0.15, 0.2) is 11.5 Å². The maximum atomic E-state index is 13.5. The third-order valence-corrected chi connectivity index (χ3v) is 8.83. The van der Waals surface area contributed by atoms with Gasteiger partial charge >= 0.3 is 6.61 Å². The topological polar surface area (TPSA) is 112 Å². The van der Waals surface area contributed by atoms with Crippen molar-refractivity contribution in [2.24, 2.45) is 5.92 Å². The van der Waals surface area contributed by atoms with E-state index in [1.54, 1.807) is 29.2 Å². The van der Waals surface area contributed by atoms with Crippen molar-refractivity contribution >= 4 is 17.7 Å². The molecule has 2 atom stereocenters. The van der Waals surface area contributed by atoms with Crippen LogP contribution in [0.25, 0.3) is 0 Å². The van der Waals surface area contributed by atoms with Crippen molar-refractivity contribution < 1.29 is 33.0 Å². The molecule has 0 bridgehead atoms. The van der Waals surface area contributed by atoms with Gasteiger partial charge < -0.3 is 25.0 Å². The number of halogens is 2. The van der Waals surface area contributed by atoms with E-state index in [1.165, 1.54) is 38.3 Å². The number of hydrogen-bond donors (Lipinski definition) is 2. The number of ether oxygens (including phenoxy) is 1. The van der Waals surface area contributed by atoms with Crippen LogP contribution in [0.1, 0.15) is 92.4 Å². The van der Waals surface area contributed by atoms with Crippen LogP contribution in [-0.2, 0) is 16.1 Å². The van der Waals surface area contributed by atoms with E-state index in [-0.39, 0.29) is 54.4 Å². The Labute approximate surface area is 250 Å². The van der Waals surface area contributed by atoms with Gasteiger partial charge in [0.1, 0.15) is 5.69 Å². The third-order valence-electron chi connectivity index (χ3n) is 8.83. The van der Waals surface area contributed by atoms with Crippen LogP contribution in [0.5, 0.6) is 11.5 Å². The fourth-order valence-corrected chi connectivity index (χ4v) is 6.41. The molecule has 5 rings (SSSR count). The molecule has 1 saturated heterocycles. The monoisotopic (exact) mass is 598 g/mol. The Kier molecular flexibility index (Phi) is 9.77. The maximum absolute atomic E-state index is 13.5. The largest absolute Gasteiger partial charge is 0.504 e. The number of pyridine rings is 1. The summed E-state index contributed by atoms with van der Waals surface area (Å²) in [6.07, 6.45) is 8.47.